The summed E-state index contributed by atoms with van der Waals surface area (Å²) in [5.41, 5.74) is 2.23. The minimum absolute atomic E-state index is 0.989. The Kier molecular flexibility index (Phi) is 5.58. The normalized spacial score (nSPS) is 10.8. The average molecular weight is 628 g/mol. The first-order valence-corrected chi connectivity index (χ1v) is 9.45. The number of benzene rings is 2. The molecule has 0 aliphatic heterocycles. The quantitative estimate of drug-likeness (QED) is 0.223. The van der Waals surface area contributed by atoms with Gasteiger partial charge >= 0.3 is 0 Å². The van der Waals surface area contributed by atoms with E-state index in [4.69, 9.17) is 0 Å². The summed E-state index contributed by atoms with van der Waals surface area (Å²) in [4.78, 5) is 0. The minimum Gasteiger partial charge on any atom is -0.0508 e. The molecule has 0 saturated heterocycles. The predicted octanol–water partition coefficient (Wildman–Crippen LogP) is 7.93. The fraction of sp³-hybridized carbons (Fsp3) is 0. The van der Waals surface area contributed by atoms with Gasteiger partial charge in [0, 0.05) is 26.8 Å². The molecule has 0 heterocycles. The molecular formula is C12H4Br6. The van der Waals surface area contributed by atoms with E-state index in [0.29, 0.717) is 0 Å². The fourth-order valence-corrected chi connectivity index (χ4v) is 5.03. The third-order valence-electron chi connectivity index (χ3n) is 2.28. The maximum atomic E-state index is 3.62. The van der Waals surface area contributed by atoms with E-state index in [1.807, 2.05) is 6.07 Å². The second-order valence-electron chi connectivity index (χ2n) is 3.51. The molecule has 0 nitrogen and oxygen atoms in total. The molecule has 0 aliphatic carbocycles. The van der Waals surface area contributed by atoms with Crippen molar-refractivity contribution in [3.8, 4) is 11.1 Å². The highest BCUT2D eigenvalue weighted by Crippen LogP contribution is 2.43. The first kappa shape index (κ1) is 15.7. The monoisotopic (exact) mass is 622 g/mol. The second-order valence-corrected chi connectivity index (χ2v) is 8.57. The Bertz CT molecular complexity index is 600. The highest BCUT2D eigenvalue weighted by Gasteiger charge is 2.13. The van der Waals surface area contributed by atoms with Gasteiger partial charge in [-0.2, -0.15) is 0 Å². The molecule has 2 rings (SSSR count). The molecule has 0 fully saturated rings. The van der Waals surface area contributed by atoms with Crippen LogP contribution in [0.4, 0.5) is 0 Å². The van der Waals surface area contributed by atoms with E-state index in [-0.39, 0.29) is 0 Å². The van der Waals surface area contributed by atoms with Gasteiger partial charge in [-0.05, 0) is 99.1 Å². The largest absolute Gasteiger partial charge is 0.0508 e. The summed E-state index contributed by atoms with van der Waals surface area (Å²) in [6, 6.07) is 8.25. The summed E-state index contributed by atoms with van der Waals surface area (Å²) >= 11 is 21.3. The lowest BCUT2D eigenvalue weighted by Gasteiger charge is -2.11. The second kappa shape index (κ2) is 6.39. The Morgan fingerprint density at radius 3 is 1.67 bits per heavy atom. The average Bonchev–Trinajstić information content (AvgIpc) is 2.30. The van der Waals surface area contributed by atoms with Crippen LogP contribution in [0.3, 0.4) is 0 Å². The van der Waals surface area contributed by atoms with Crippen LogP contribution in [0.5, 0.6) is 0 Å². The van der Waals surface area contributed by atoms with Gasteiger partial charge in [0.15, 0.2) is 0 Å². The topological polar surface area (TPSA) is 0 Å². The third kappa shape index (κ3) is 3.31. The SMILES string of the molecule is Brc1cc(Br)cc(-c2cc(Br)c(Br)c(Br)c2Br)c1. The first-order chi connectivity index (χ1) is 8.40. The van der Waals surface area contributed by atoms with Crippen molar-refractivity contribution in [3.63, 3.8) is 0 Å². The standard InChI is InChI=1S/C12H4Br6/c13-6-1-5(2-7(14)3-6)8-4-9(15)11(17)12(18)10(8)16/h1-4H. The van der Waals surface area contributed by atoms with Crippen molar-refractivity contribution in [3.05, 3.63) is 51.1 Å². The lowest BCUT2D eigenvalue weighted by atomic mass is 10.1. The van der Waals surface area contributed by atoms with E-state index in [0.717, 1.165) is 38.0 Å². The number of rotatable bonds is 1. The van der Waals surface area contributed by atoms with E-state index >= 15 is 0 Å². The molecule has 0 unspecified atom stereocenters. The van der Waals surface area contributed by atoms with Crippen LogP contribution in [0.2, 0.25) is 0 Å². The Balaban J connectivity index is 2.71. The summed E-state index contributed by atoms with van der Waals surface area (Å²) in [5, 5.41) is 0. The van der Waals surface area contributed by atoms with Gasteiger partial charge < -0.3 is 0 Å². The summed E-state index contributed by atoms with van der Waals surface area (Å²) < 4.78 is 6.07. The molecule has 0 aromatic heterocycles. The van der Waals surface area contributed by atoms with Crippen LogP contribution in [0.1, 0.15) is 0 Å². The molecular weight excluding hydrogens is 624 g/mol. The Morgan fingerprint density at radius 2 is 1.11 bits per heavy atom. The molecule has 0 aliphatic rings. The molecule has 0 bridgehead atoms. The molecule has 6 heteroatoms. The van der Waals surface area contributed by atoms with Gasteiger partial charge in [0.1, 0.15) is 0 Å². The van der Waals surface area contributed by atoms with Gasteiger partial charge in [0.05, 0.1) is 0 Å². The molecule has 0 N–H and O–H groups in total. The van der Waals surface area contributed by atoms with Crippen LogP contribution in [0.25, 0.3) is 11.1 Å². The van der Waals surface area contributed by atoms with Gasteiger partial charge in [-0.1, -0.05) is 31.9 Å². The summed E-state index contributed by atoms with van der Waals surface area (Å²) in [6.07, 6.45) is 0. The van der Waals surface area contributed by atoms with Crippen LogP contribution in [-0.4, -0.2) is 0 Å². The molecule has 0 atom stereocenters. The van der Waals surface area contributed by atoms with Crippen LogP contribution >= 0.6 is 95.6 Å². The molecule has 0 spiro atoms. The van der Waals surface area contributed by atoms with Gasteiger partial charge in [-0.25, -0.2) is 0 Å². The van der Waals surface area contributed by atoms with Gasteiger partial charge in [-0.3, -0.25) is 0 Å². The molecule has 0 saturated carbocycles. The summed E-state index contributed by atoms with van der Waals surface area (Å²) in [7, 11) is 0. The Hall–Kier alpha value is 1.32. The zero-order valence-corrected chi connectivity index (χ0v) is 18.1. The predicted molar refractivity (Wildman–Crippen MR) is 98.1 cm³/mol. The minimum atomic E-state index is 0.989. The molecule has 0 radical (unpaired) electrons. The third-order valence-corrected chi connectivity index (χ3v) is 7.85. The Morgan fingerprint density at radius 1 is 0.556 bits per heavy atom. The van der Waals surface area contributed by atoms with Gasteiger partial charge in [0.25, 0.3) is 0 Å². The molecule has 94 valence electrons. The highest BCUT2D eigenvalue weighted by atomic mass is 79.9. The number of halogens is 6. The van der Waals surface area contributed by atoms with Crippen molar-refractivity contribution in [1.29, 1.82) is 0 Å². The van der Waals surface area contributed by atoms with Crippen molar-refractivity contribution in [2.24, 2.45) is 0 Å². The maximum Gasteiger partial charge on any atom is 0.0477 e. The van der Waals surface area contributed by atoms with Gasteiger partial charge in [0.2, 0.25) is 0 Å². The van der Waals surface area contributed by atoms with Crippen molar-refractivity contribution >= 4 is 95.6 Å². The molecule has 2 aromatic rings. The van der Waals surface area contributed by atoms with E-state index in [1.165, 1.54) is 0 Å². The van der Waals surface area contributed by atoms with Crippen LogP contribution < -0.4 is 0 Å². The zero-order valence-electron chi connectivity index (χ0n) is 8.58. The van der Waals surface area contributed by atoms with E-state index in [1.54, 1.807) is 0 Å². The maximum absolute atomic E-state index is 3.62. The smallest absolute Gasteiger partial charge is 0.0477 e. The lowest BCUT2D eigenvalue weighted by Crippen LogP contribution is -1.85. The summed E-state index contributed by atoms with van der Waals surface area (Å²) in [6.45, 7) is 0. The van der Waals surface area contributed by atoms with Crippen molar-refractivity contribution in [2.75, 3.05) is 0 Å². The van der Waals surface area contributed by atoms with Crippen LogP contribution in [0, 0.1) is 0 Å². The molecule has 2 aromatic carbocycles. The van der Waals surface area contributed by atoms with Crippen LogP contribution in [0.15, 0.2) is 51.1 Å². The van der Waals surface area contributed by atoms with Crippen molar-refractivity contribution in [2.45, 2.75) is 0 Å². The number of hydrogen-bond acceptors (Lipinski definition) is 0. The van der Waals surface area contributed by atoms with Crippen LogP contribution in [-0.2, 0) is 0 Å². The molecule has 0 amide bonds. The van der Waals surface area contributed by atoms with Gasteiger partial charge in [-0.15, -0.1) is 0 Å². The van der Waals surface area contributed by atoms with E-state index in [9.17, 15) is 0 Å². The summed E-state index contributed by atoms with van der Waals surface area (Å²) in [5.74, 6) is 0. The van der Waals surface area contributed by atoms with Crippen molar-refractivity contribution < 1.29 is 0 Å². The fourth-order valence-electron chi connectivity index (χ4n) is 1.49. The van der Waals surface area contributed by atoms with E-state index in [2.05, 4.69) is 114 Å². The molecule has 18 heavy (non-hydrogen) atoms. The highest BCUT2D eigenvalue weighted by molar-refractivity contribution is 9.15. The van der Waals surface area contributed by atoms with Crippen molar-refractivity contribution in [1.82, 2.24) is 0 Å². The number of hydrogen-bond donors (Lipinski definition) is 0. The Labute approximate surface area is 156 Å². The lowest BCUT2D eigenvalue weighted by molar-refractivity contribution is 1.47. The van der Waals surface area contributed by atoms with E-state index < -0.39 is 0 Å². The first-order valence-electron chi connectivity index (χ1n) is 4.69. The zero-order chi connectivity index (χ0) is 13.4.